The lowest BCUT2D eigenvalue weighted by molar-refractivity contribution is 0.0786. The van der Waals surface area contributed by atoms with Crippen LogP contribution >= 0.6 is 11.3 Å². The molecular weight excluding hydrogens is 272 g/mol. The van der Waals surface area contributed by atoms with Crippen molar-refractivity contribution in [2.75, 3.05) is 19.4 Å². The minimum atomic E-state index is -0.0480. The Kier molecular flexibility index (Phi) is 4.63. The van der Waals surface area contributed by atoms with E-state index in [1.807, 2.05) is 24.4 Å². The summed E-state index contributed by atoms with van der Waals surface area (Å²) in [6.45, 7) is 3.05. The third-order valence-corrected chi connectivity index (χ3v) is 3.74. The summed E-state index contributed by atoms with van der Waals surface area (Å²) in [6, 6.07) is 9.14. The van der Waals surface area contributed by atoms with Gasteiger partial charge < -0.3 is 15.4 Å². The zero-order valence-corrected chi connectivity index (χ0v) is 12.4. The van der Waals surface area contributed by atoms with E-state index in [1.54, 1.807) is 41.5 Å². The van der Waals surface area contributed by atoms with Crippen LogP contribution in [0.25, 0.3) is 0 Å². The summed E-state index contributed by atoms with van der Waals surface area (Å²) in [5.74, 6) is 0.568. The van der Waals surface area contributed by atoms with Crippen LogP contribution in [-0.4, -0.2) is 24.5 Å². The Labute approximate surface area is 122 Å². The lowest BCUT2D eigenvalue weighted by Gasteiger charge is -2.17. The van der Waals surface area contributed by atoms with E-state index in [0.29, 0.717) is 30.2 Å². The zero-order chi connectivity index (χ0) is 14.5. The quantitative estimate of drug-likeness (QED) is 0.861. The third kappa shape index (κ3) is 3.30. The third-order valence-electron chi connectivity index (χ3n) is 2.88. The number of hydrogen-bond donors (Lipinski definition) is 1. The number of carbonyl (C=O) groups excluding carboxylic acids is 1. The molecular formula is C15H18N2O2S. The van der Waals surface area contributed by atoms with Crippen LogP contribution in [0.4, 0.5) is 5.69 Å². The Morgan fingerprint density at radius 2 is 2.20 bits per heavy atom. The minimum absolute atomic E-state index is 0.0480. The predicted octanol–water partition coefficient (Wildman–Crippen LogP) is 3.00. The number of hydrogen-bond acceptors (Lipinski definition) is 4. The van der Waals surface area contributed by atoms with Gasteiger partial charge in [-0.25, -0.2) is 0 Å². The number of rotatable bonds is 5. The molecule has 0 unspecified atom stereocenters. The van der Waals surface area contributed by atoms with E-state index in [0.717, 1.165) is 4.88 Å². The van der Waals surface area contributed by atoms with E-state index < -0.39 is 0 Å². The van der Waals surface area contributed by atoms with Crippen molar-refractivity contribution in [3.8, 4) is 5.75 Å². The van der Waals surface area contributed by atoms with Crippen molar-refractivity contribution in [2.45, 2.75) is 13.5 Å². The standard InChI is InChI=1S/C15H18N2O2S/c1-3-19-14-7-6-11(9-13(14)16)15(18)17(2)10-12-5-4-8-20-12/h4-9H,3,10,16H2,1-2H3. The number of nitrogen functional groups attached to an aromatic ring is 1. The molecule has 2 aromatic rings. The number of thiophene rings is 1. The molecule has 1 aromatic heterocycles. The van der Waals surface area contributed by atoms with Gasteiger partial charge in [-0.1, -0.05) is 6.07 Å². The smallest absolute Gasteiger partial charge is 0.254 e. The molecule has 1 aromatic carbocycles. The van der Waals surface area contributed by atoms with Crippen LogP contribution < -0.4 is 10.5 Å². The fourth-order valence-corrected chi connectivity index (χ4v) is 2.65. The van der Waals surface area contributed by atoms with Gasteiger partial charge in [0, 0.05) is 17.5 Å². The molecule has 20 heavy (non-hydrogen) atoms. The lowest BCUT2D eigenvalue weighted by atomic mass is 10.1. The van der Waals surface area contributed by atoms with Gasteiger partial charge >= 0.3 is 0 Å². The molecule has 0 fully saturated rings. The number of anilines is 1. The van der Waals surface area contributed by atoms with Crippen molar-refractivity contribution in [1.82, 2.24) is 4.90 Å². The Morgan fingerprint density at radius 3 is 2.80 bits per heavy atom. The summed E-state index contributed by atoms with van der Waals surface area (Å²) in [5.41, 5.74) is 6.95. The molecule has 1 amide bonds. The molecule has 0 aliphatic carbocycles. The lowest BCUT2D eigenvalue weighted by Crippen LogP contribution is -2.25. The number of ether oxygens (including phenoxy) is 1. The molecule has 2 N–H and O–H groups in total. The minimum Gasteiger partial charge on any atom is -0.492 e. The summed E-state index contributed by atoms with van der Waals surface area (Å²) in [5, 5.41) is 2.00. The molecule has 4 nitrogen and oxygen atoms in total. The van der Waals surface area contributed by atoms with Crippen molar-refractivity contribution >= 4 is 22.9 Å². The Hall–Kier alpha value is -2.01. The van der Waals surface area contributed by atoms with Crippen molar-refractivity contribution in [3.05, 3.63) is 46.2 Å². The first-order chi connectivity index (χ1) is 9.61. The van der Waals surface area contributed by atoms with E-state index in [9.17, 15) is 4.79 Å². The van der Waals surface area contributed by atoms with Gasteiger partial charge in [-0.2, -0.15) is 0 Å². The van der Waals surface area contributed by atoms with Gasteiger partial charge in [0.2, 0.25) is 0 Å². The average Bonchev–Trinajstić information content (AvgIpc) is 2.93. The Morgan fingerprint density at radius 1 is 1.40 bits per heavy atom. The van der Waals surface area contributed by atoms with Crippen molar-refractivity contribution in [1.29, 1.82) is 0 Å². The normalized spacial score (nSPS) is 10.3. The molecule has 0 atom stereocenters. The summed E-state index contributed by atoms with van der Waals surface area (Å²) in [6.07, 6.45) is 0. The van der Waals surface area contributed by atoms with E-state index in [-0.39, 0.29) is 5.91 Å². The average molecular weight is 290 g/mol. The van der Waals surface area contributed by atoms with Crippen LogP contribution in [0.3, 0.4) is 0 Å². The first-order valence-corrected chi connectivity index (χ1v) is 7.30. The highest BCUT2D eigenvalue weighted by molar-refractivity contribution is 7.09. The molecule has 0 aliphatic heterocycles. The fourth-order valence-electron chi connectivity index (χ4n) is 1.90. The largest absolute Gasteiger partial charge is 0.492 e. The summed E-state index contributed by atoms with van der Waals surface area (Å²) in [4.78, 5) is 15.2. The van der Waals surface area contributed by atoms with E-state index in [1.165, 1.54) is 0 Å². The Balaban J connectivity index is 2.10. The second-order valence-electron chi connectivity index (χ2n) is 4.43. The van der Waals surface area contributed by atoms with Crippen LogP contribution in [0.2, 0.25) is 0 Å². The van der Waals surface area contributed by atoms with Crippen molar-refractivity contribution in [3.63, 3.8) is 0 Å². The topological polar surface area (TPSA) is 55.6 Å². The van der Waals surface area contributed by atoms with Gasteiger partial charge in [-0.15, -0.1) is 11.3 Å². The number of carbonyl (C=O) groups is 1. The van der Waals surface area contributed by atoms with Crippen molar-refractivity contribution in [2.24, 2.45) is 0 Å². The summed E-state index contributed by atoms with van der Waals surface area (Å²) >= 11 is 1.64. The highest BCUT2D eigenvalue weighted by atomic mass is 32.1. The molecule has 1 heterocycles. The monoisotopic (exact) mass is 290 g/mol. The number of amides is 1. The summed E-state index contributed by atoms with van der Waals surface area (Å²) < 4.78 is 5.37. The maximum absolute atomic E-state index is 12.3. The van der Waals surface area contributed by atoms with Crippen LogP contribution in [0.15, 0.2) is 35.7 Å². The molecule has 0 bridgehead atoms. The second kappa shape index (κ2) is 6.43. The zero-order valence-electron chi connectivity index (χ0n) is 11.6. The van der Waals surface area contributed by atoms with Crippen LogP contribution in [0.5, 0.6) is 5.75 Å². The second-order valence-corrected chi connectivity index (χ2v) is 5.46. The first kappa shape index (κ1) is 14.4. The molecule has 0 spiro atoms. The highest BCUT2D eigenvalue weighted by Gasteiger charge is 2.14. The number of nitrogens with zero attached hydrogens (tertiary/aromatic N) is 1. The van der Waals surface area contributed by atoms with Crippen molar-refractivity contribution < 1.29 is 9.53 Å². The van der Waals surface area contributed by atoms with Gasteiger partial charge in [-0.3, -0.25) is 4.79 Å². The van der Waals surface area contributed by atoms with Gasteiger partial charge in [0.25, 0.3) is 5.91 Å². The maximum atomic E-state index is 12.3. The predicted molar refractivity (Wildman–Crippen MR) is 82.1 cm³/mol. The molecule has 0 saturated heterocycles. The van der Waals surface area contributed by atoms with E-state index >= 15 is 0 Å². The van der Waals surface area contributed by atoms with Gasteiger partial charge in [-0.05, 0) is 36.6 Å². The van der Waals surface area contributed by atoms with E-state index in [2.05, 4.69) is 0 Å². The maximum Gasteiger partial charge on any atom is 0.254 e. The molecule has 5 heteroatoms. The van der Waals surface area contributed by atoms with Gasteiger partial charge in [0.15, 0.2) is 0 Å². The molecule has 0 saturated carbocycles. The first-order valence-electron chi connectivity index (χ1n) is 6.42. The van der Waals surface area contributed by atoms with Gasteiger partial charge in [0.1, 0.15) is 5.75 Å². The molecule has 2 rings (SSSR count). The molecule has 0 radical (unpaired) electrons. The number of benzene rings is 1. The van der Waals surface area contributed by atoms with Gasteiger partial charge in [0.05, 0.1) is 18.8 Å². The molecule has 0 aliphatic rings. The Bertz CT molecular complexity index is 582. The fraction of sp³-hybridized carbons (Fsp3) is 0.267. The van der Waals surface area contributed by atoms with Crippen LogP contribution in [-0.2, 0) is 6.54 Å². The number of nitrogens with two attached hydrogens (primary N) is 1. The van der Waals surface area contributed by atoms with Crippen LogP contribution in [0, 0.1) is 0 Å². The molecule has 106 valence electrons. The highest BCUT2D eigenvalue weighted by Crippen LogP contribution is 2.23. The summed E-state index contributed by atoms with van der Waals surface area (Å²) in [7, 11) is 1.79. The van der Waals surface area contributed by atoms with E-state index in [4.69, 9.17) is 10.5 Å². The SMILES string of the molecule is CCOc1ccc(C(=O)N(C)Cc2cccs2)cc1N. The van der Waals surface area contributed by atoms with Crippen LogP contribution in [0.1, 0.15) is 22.2 Å².